The summed E-state index contributed by atoms with van der Waals surface area (Å²) in [4.78, 5) is 19.9. The van der Waals surface area contributed by atoms with Crippen molar-refractivity contribution in [3.63, 3.8) is 0 Å². The number of benzene rings is 2. The van der Waals surface area contributed by atoms with Gasteiger partial charge in [-0.1, -0.05) is 41.9 Å². The van der Waals surface area contributed by atoms with Crippen molar-refractivity contribution in [2.45, 2.75) is 57.6 Å². The van der Waals surface area contributed by atoms with Gasteiger partial charge < -0.3 is 32.3 Å². The lowest BCUT2D eigenvalue weighted by atomic mass is 10.0. The molecule has 1 amide bonds. The number of nitrogens with one attached hydrogen (secondary N) is 5. The standard InChI is InChI=1S/C30H42ClN9O5S/c1-18(36-17-24(42)21-13-14-23(41)22(16-21)40-46(2,44)45)6-5-8-20-11-9-19(10-12-20)7-3-4-15-35-30(34)39-29(43)25-27(32)38-28(33)26(31)37-25/h9-14,16,18,24,36,40-42H,3-8,15,17H2,1-2H3,(H4,32,33,38)(H3,34,35,39,43)/t18-,24+/m1/s1. The molecular formula is C30H42ClN9O5S. The van der Waals surface area contributed by atoms with Crippen LogP contribution >= 0.6 is 11.6 Å². The summed E-state index contributed by atoms with van der Waals surface area (Å²) in [6.07, 6.45) is 5.49. The molecule has 3 rings (SSSR count). The van der Waals surface area contributed by atoms with Crippen LogP contribution in [0.2, 0.25) is 5.15 Å². The van der Waals surface area contributed by atoms with Crippen molar-refractivity contribution in [3.05, 3.63) is 70.0 Å². The summed E-state index contributed by atoms with van der Waals surface area (Å²) in [6.45, 7) is 2.84. The topological polar surface area (TPSA) is 241 Å². The molecule has 250 valence electrons. The largest absolute Gasteiger partial charge is 0.506 e. The highest BCUT2D eigenvalue weighted by atomic mass is 35.5. The molecule has 16 heteroatoms. The van der Waals surface area contributed by atoms with Gasteiger partial charge in [0, 0.05) is 19.1 Å². The Kier molecular flexibility index (Phi) is 13.4. The lowest BCUT2D eigenvalue weighted by molar-refractivity contribution is 0.0971. The predicted molar refractivity (Wildman–Crippen MR) is 180 cm³/mol. The van der Waals surface area contributed by atoms with Crippen LogP contribution in [0.1, 0.15) is 65.9 Å². The van der Waals surface area contributed by atoms with Crippen molar-refractivity contribution in [2.75, 3.05) is 35.5 Å². The van der Waals surface area contributed by atoms with Crippen LogP contribution < -0.4 is 32.1 Å². The number of aryl methyl sites for hydroxylation is 2. The highest BCUT2D eigenvalue weighted by Crippen LogP contribution is 2.28. The molecule has 0 radical (unpaired) electrons. The molecule has 0 spiro atoms. The first-order chi connectivity index (χ1) is 21.7. The second kappa shape index (κ2) is 16.9. The van der Waals surface area contributed by atoms with Crippen LogP contribution in [0.25, 0.3) is 0 Å². The number of phenols is 1. The summed E-state index contributed by atoms with van der Waals surface area (Å²) >= 11 is 5.80. The van der Waals surface area contributed by atoms with Gasteiger partial charge in [-0.2, -0.15) is 0 Å². The molecule has 3 aromatic rings. The minimum Gasteiger partial charge on any atom is -0.506 e. The van der Waals surface area contributed by atoms with Crippen LogP contribution in [-0.2, 0) is 22.9 Å². The Morgan fingerprint density at radius 3 is 2.33 bits per heavy atom. The number of rotatable bonds is 16. The number of aliphatic hydroxyl groups is 1. The van der Waals surface area contributed by atoms with Crippen molar-refractivity contribution in [1.29, 1.82) is 5.41 Å². The molecule has 1 aromatic heterocycles. The van der Waals surface area contributed by atoms with Crippen molar-refractivity contribution in [2.24, 2.45) is 0 Å². The number of aromatic hydroxyl groups is 1. The van der Waals surface area contributed by atoms with E-state index in [0.717, 1.165) is 44.8 Å². The van der Waals surface area contributed by atoms with Gasteiger partial charge in [-0.25, -0.2) is 18.4 Å². The Labute approximate surface area is 273 Å². The van der Waals surface area contributed by atoms with E-state index in [0.29, 0.717) is 12.1 Å². The quantitative estimate of drug-likeness (QED) is 0.0462. The number of amides is 1. The zero-order valence-corrected chi connectivity index (χ0v) is 27.4. The average molecular weight is 676 g/mol. The van der Waals surface area contributed by atoms with Gasteiger partial charge in [-0.05, 0) is 74.3 Å². The Hall–Kier alpha value is -4.18. The normalized spacial score (nSPS) is 12.7. The number of nitrogens with zero attached hydrogens (tertiary/aromatic N) is 2. The maximum absolute atomic E-state index is 12.3. The van der Waals surface area contributed by atoms with Crippen LogP contribution in [0, 0.1) is 5.41 Å². The summed E-state index contributed by atoms with van der Waals surface area (Å²) in [6, 6.07) is 13.0. The lowest BCUT2D eigenvalue weighted by Gasteiger charge is -2.18. The minimum atomic E-state index is -3.56. The summed E-state index contributed by atoms with van der Waals surface area (Å²) in [5, 5.41) is 36.8. The van der Waals surface area contributed by atoms with E-state index in [1.807, 2.05) is 6.92 Å². The number of unbranched alkanes of at least 4 members (excludes halogenated alkanes) is 1. The maximum atomic E-state index is 12.3. The third-order valence-electron chi connectivity index (χ3n) is 7.04. The number of carbonyl (C=O) groups excluding carboxylic acids is 1. The van der Waals surface area contributed by atoms with E-state index in [-0.39, 0.29) is 52.5 Å². The Morgan fingerprint density at radius 2 is 1.67 bits per heavy atom. The van der Waals surface area contributed by atoms with Crippen molar-refractivity contribution < 1.29 is 23.4 Å². The summed E-state index contributed by atoms with van der Waals surface area (Å²) in [7, 11) is -3.56. The summed E-state index contributed by atoms with van der Waals surface area (Å²) in [5.74, 6) is -1.35. The number of aromatic nitrogens is 2. The second-order valence-corrected chi connectivity index (χ2v) is 13.1. The Morgan fingerprint density at radius 1 is 1.02 bits per heavy atom. The van der Waals surface area contributed by atoms with Gasteiger partial charge in [0.15, 0.2) is 28.4 Å². The fourth-order valence-corrected chi connectivity index (χ4v) is 5.24. The number of guanidine groups is 1. The van der Waals surface area contributed by atoms with Crippen molar-refractivity contribution >= 4 is 50.8 Å². The Bertz CT molecular complexity index is 1610. The molecule has 0 fully saturated rings. The van der Waals surface area contributed by atoms with Crippen LogP contribution in [-0.4, -0.2) is 65.9 Å². The molecule has 46 heavy (non-hydrogen) atoms. The zero-order valence-electron chi connectivity index (χ0n) is 25.8. The first kappa shape index (κ1) is 36.3. The molecule has 0 saturated carbocycles. The number of hydrogen-bond acceptors (Lipinski definition) is 11. The molecule has 0 aliphatic heterocycles. The predicted octanol–water partition coefficient (Wildman–Crippen LogP) is 2.68. The van der Waals surface area contributed by atoms with Crippen LogP contribution in [0.4, 0.5) is 17.3 Å². The van der Waals surface area contributed by atoms with E-state index >= 15 is 0 Å². The zero-order chi connectivity index (χ0) is 33.9. The molecule has 0 bridgehead atoms. The number of sulfonamides is 1. The number of carbonyl (C=O) groups is 1. The van der Waals surface area contributed by atoms with Crippen LogP contribution in [0.15, 0.2) is 42.5 Å². The van der Waals surface area contributed by atoms with Gasteiger partial charge in [0.2, 0.25) is 10.0 Å². The molecule has 14 nitrogen and oxygen atoms in total. The van der Waals surface area contributed by atoms with Crippen molar-refractivity contribution in [1.82, 2.24) is 25.9 Å². The molecule has 2 atom stereocenters. The number of halogens is 1. The molecule has 11 N–H and O–H groups in total. The van der Waals surface area contributed by atoms with E-state index in [4.69, 9.17) is 28.5 Å². The lowest BCUT2D eigenvalue weighted by Crippen LogP contribution is -2.41. The highest BCUT2D eigenvalue weighted by Gasteiger charge is 2.17. The van der Waals surface area contributed by atoms with Gasteiger partial charge in [0.25, 0.3) is 5.91 Å². The van der Waals surface area contributed by atoms with E-state index in [1.54, 1.807) is 6.07 Å². The SMILES string of the molecule is C[C@H](CCCc1ccc(CCCCNC(=N)NC(=O)c2nc(Cl)c(N)nc2N)cc1)NC[C@H](O)c1ccc(O)c(NS(C)(=O)=O)c1. The van der Waals surface area contributed by atoms with Crippen LogP contribution in [0.3, 0.4) is 0 Å². The van der Waals surface area contributed by atoms with Gasteiger partial charge >= 0.3 is 0 Å². The van der Waals surface area contributed by atoms with Gasteiger partial charge in [0.1, 0.15) is 5.75 Å². The fourth-order valence-electron chi connectivity index (χ4n) is 4.55. The van der Waals surface area contributed by atoms with Gasteiger partial charge in [-0.3, -0.25) is 20.2 Å². The van der Waals surface area contributed by atoms with Gasteiger partial charge in [0.05, 0.1) is 18.0 Å². The molecule has 0 aliphatic rings. The number of aliphatic hydroxyl groups excluding tert-OH is 1. The number of nitrogen functional groups attached to an aromatic ring is 2. The minimum absolute atomic E-state index is 0.0275. The third kappa shape index (κ3) is 12.0. The van der Waals surface area contributed by atoms with E-state index in [9.17, 15) is 23.4 Å². The van der Waals surface area contributed by atoms with Crippen LogP contribution in [0.5, 0.6) is 5.75 Å². The second-order valence-electron chi connectivity index (χ2n) is 11.0. The molecule has 1 heterocycles. The smallest absolute Gasteiger partial charge is 0.280 e. The molecular weight excluding hydrogens is 634 g/mol. The highest BCUT2D eigenvalue weighted by molar-refractivity contribution is 7.92. The summed E-state index contributed by atoms with van der Waals surface area (Å²) < 4.78 is 25.3. The average Bonchev–Trinajstić information content (AvgIpc) is 2.98. The van der Waals surface area contributed by atoms with Gasteiger partial charge in [-0.15, -0.1) is 0 Å². The summed E-state index contributed by atoms with van der Waals surface area (Å²) in [5.41, 5.74) is 14.0. The van der Waals surface area contributed by atoms with E-state index < -0.39 is 22.0 Å². The first-order valence-corrected chi connectivity index (χ1v) is 17.0. The first-order valence-electron chi connectivity index (χ1n) is 14.7. The molecule has 0 saturated heterocycles. The molecule has 0 aliphatic carbocycles. The van der Waals surface area contributed by atoms with E-state index in [2.05, 4.69) is 54.9 Å². The number of anilines is 3. The Balaban J connectivity index is 1.30. The maximum Gasteiger partial charge on any atom is 0.280 e. The monoisotopic (exact) mass is 675 g/mol. The number of nitrogens with two attached hydrogens (primary N) is 2. The fraction of sp³-hybridized carbons (Fsp3) is 0.400. The van der Waals surface area contributed by atoms with Crippen molar-refractivity contribution in [3.8, 4) is 5.75 Å². The molecule has 2 aromatic carbocycles. The number of phenolic OH excluding ortho intramolecular Hbond substituents is 1. The molecule has 0 unspecified atom stereocenters. The number of hydrogen-bond donors (Lipinski definition) is 9. The third-order valence-corrected chi connectivity index (χ3v) is 7.91. The van der Waals surface area contributed by atoms with E-state index in [1.165, 1.54) is 23.3 Å².